The van der Waals surface area contributed by atoms with Crippen LogP contribution in [0.2, 0.25) is 0 Å². The molecule has 1 saturated heterocycles. The predicted octanol–water partition coefficient (Wildman–Crippen LogP) is 0.423. The number of carbonyl (C=O) groups excluding carboxylic acids is 3. The molecule has 5 nitrogen and oxygen atoms in total. The Morgan fingerprint density at radius 3 is 2.62 bits per heavy atom. The van der Waals surface area contributed by atoms with Gasteiger partial charge in [0.15, 0.2) is 0 Å². The number of hydrogen-bond donors (Lipinski definition) is 1. The van der Waals surface area contributed by atoms with Gasteiger partial charge in [-0.3, -0.25) is 19.7 Å². The Kier molecular flexibility index (Phi) is 3.72. The molecule has 3 amide bonds. The predicted molar refractivity (Wildman–Crippen MR) is 61.9 cm³/mol. The Labute approximate surface area is 103 Å². The van der Waals surface area contributed by atoms with Crippen LogP contribution >= 0.6 is 15.9 Å². The van der Waals surface area contributed by atoms with Gasteiger partial charge in [-0.15, -0.1) is 0 Å². The van der Waals surface area contributed by atoms with E-state index in [-0.39, 0.29) is 17.3 Å². The van der Waals surface area contributed by atoms with Gasteiger partial charge >= 0.3 is 0 Å². The van der Waals surface area contributed by atoms with Gasteiger partial charge in [0, 0.05) is 0 Å². The highest BCUT2D eigenvalue weighted by Gasteiger charge is 2.44. The number of nitrogens with zero attached hydrogens (tertiary/aromatic N) is 1. The first-order chi connectivity index (χ1) is 7.30. The fourth-order valence-electron chi connectivity index (χ4n) is 1.48. The molecule has 1 fully saturated rings. The maximum atomic E-state index is 12.0. The quantitative estimate of drug-likeness (QED) is 0.592. The summed E-state index contributed by atoms with van der Waals surface area (Å²) >= 11 is 3.24. The first-order valence-electron chi connectivity index (χ1n) is 5.10. The summed E-state index contributed by atoms with van der Waals surface area (Å²) in [7, 11) is 0. The van der Waals surface area contributed by atoms with E-state index in [1.165, 1.54) is 4.90 Å². The number of nitrogens with one attached hydrogen (secondary N) is 1. The molecular formula is C10H15BrN2O3. The van der Waals surface area contributed by atoms with Gasteiger partial charge in [-0.25, -0.2) is 0 Å². The van der Waals surface area contributed by atoms with Crippen molar-refractivity contribution in [2.24, 2.45) is 0 Å². The number of halogens is 1. The standard InChI is InChI=1S/C10H15BrN2O3/c1-4-6(11)8(15)13-5-7(14)12-9(16)10(13,2)3/h6H,4-5H2,1-3H3,(H,12,14,16). The molecule has 0 aromatic carbocycles. The van der Waals surface area contributed by atoms with Crippen molar-refractivity contribution in [1.82, 2.24) is 10.2 Å². The lowest BCUT2D eigenvalue weighted by Gasteiger charge is -2.40. The minimum Gasteiger partial charge on any atom is -0.318 e. The first kappa shape index (κ1) is 13.2. The summed E-state index contributed by atoms with van der Waals surface area (Å²) in [5, 5.41) is 2.22. The molecule has 1 rings (SSSR count). The van der Waals surface area contributed by atoms with E-state index in [9.17, 15) is 14.4 Å². The zero-order valence-corrected chi connectivity index (χ0v) is 11.1. The second kappa shape index (κ2) is 4.53. The van der Waals surface area contributed by atoms with Gasteiger partial charge in [0.2, 0.25) is 11.8 Å². The zero-order valence-electron chi connectivity index (χ0n) is 9.54. The molecular weight excluding hydrogens is 276 g/mol. The monoisotopic (exact) mass is 290 g/mol. The van der Waals surface area contributed by atoms with E-state index in [0.717, 1.165) is 0 Å². The molecule has 16 heavy (non-hydrogen) atoms. The molecule has 1 unspecified atom stereocenters. The second-order valence-corrected chi connectivity index (χ2v) is 5.34. The van der Waals surface area contributed by atoms with Crippen molar-refractivity contribution in [2.45, 2.75) is 37.6 Å². The fourth-order valence-corrected chi connectivity index (χ4v) is 1.73. The Bertz CT molecular complexity index is 341. The Morgan fingerprint density at radius 1 is 1.56 bits per heavy atom. The number of hydrogen-bond acceptors (Lipinski definition) is 3. The van der Waals surface area contributed by atoms with Crippen molar-refractivity contribution in [2.75, 3.05) is 6.54 Å². The van der Waals surface area contributed by atoms with E-state index in [1.807, 2.05) is 6.92 Å². The molecule has 90 valence electrons. The SMILES string of the molecule is CCC(Br)C(=O)N1CC(=O)NC(=O)C1(C)C. The smallest absolute Gasteiger partial charge is 0.252 e. The third-order valence-corrected chi connectivity index (χ3v) is 3.72. The van der Waals surface area contributed by atoms with Crippen molar-refractivity contribution in [3.8, 4) is 0 Å². The number of imide groups is 1. The van der Waals surface area contributed by atoms with Crippen LogP contribution in [-0.4, -0.2) is 39.5 Å². The van der Waals surface area contributed by atoms with Gasteiger partial charge in [0.25, 0.3) is 5.91 Å². The van der Waals surface area contributed by atoms with Crippen molar-refractivity contribution >= 4 is 33.7 Å². The van der Waals surface area contributed by atoms with Crippen LogP contribution in [0.4, 0.5) is 0 Å². The van der Waals surface area contributed by atoms with Crippen LogP contribution in [0, 0.1) is 0 Å². The largest absolute Gasteiger partial charge is 0.318 e. The molecule has 1 aliphatic heterocycles. The van der Waals surface area contributed by atoms with Gasteiger partial charge in [0.05, 0.1) is 4.83 Å². The van der Waals surface area contributed by atoms with Crippen LogP contribution in [0.1, 0.15) is 27.2 Å². The number of alkyl halides is 1. The summed E-state index contributed by atoms with van der Waals surface area (Å²) in [5.41, 5.74) is -0.980. The highest BCUT2D eigenvalue weighted by Crippen LogP contribution is 2.21. The van der Waals surface area contributed by atoms with E-state index in [4.69, 9.17) is 0 Å². The molecule has 0 aliphatic carbocycles. The molecule has 1 heterocycles. The summed E-state index contributed by atoms with van der Waals surface area (Å²) in [6, 6.07) is 0. The highest BCUT2D eigenvalue weighted by atomic mass is 79.9. The molecule has 1 atom stereocenters. The van der Waals surface area contributed by atoms with Crippen LogP contribution in [0.5, 0.6) is 0 Å². The van der Waals surface area contributed by atoms with Crippen LogP contribution in [0.25, 0.3) is 0 Å². The topological polar surface area (TPSA) is 66.5 Å². The third kappa shape index (κ3) is 2.26. The van der Waals surface area contributed by atoms with Gasteiger partial charge in [0.1, 0.15) is 12.1 Å². The summed E-state index contributed by atoms with van der Waals surface area (Å²) < 4.78 is 0. The Morgan fingerprint density at radius 2 is 2.12 bits per heavy atom. The summed E-state index contributed by atoms with van der Waals surface area (Å²) in [4.78, 5) is 35.8. The Balaban J connectivity index is 2.96. The molecule has 1 aliphatic rings. The molecule has 0 aromatic rings. The minimum absolute atomic E-state index is 0.0698. The minimum atomic E-state index is -0.980. The summed E-state index contributed by atoms with van der Waals surface area (Å²) in [6.07, 6.45) is 0.612. The molecule has 6 heteroatoms. The molecule has 0 spiro atoms. The number of carbonyl (C=O) groups is 3. The van der Waals surface area contributed by atoms with E-state index in [0.29, 0.717) is 6.42 Å². The normalized spacial score (nSPS) is 21.6. The molecule has 0 saturated carbocycles. The van der Waals surface area contributed by atoms with E-state index in [2.05, 4.69) is 21.2 Å². The van der Waals surface area contributed by atoms with Crippen LogP contribution < -0.4 is 5.32 Å². The fraction of sp³-hybridized carbons (Fsp3) is 0.700. The second-order valence-electron chi connectivity index (χ2n) is 4.24. The maximum Gasteiger partial charge on any atom is 0.252 e. The van der Waals surface area contributed by atoms with Crippen molar-refractivity contribution < 1.29 is 14.4 Å². The van der Waals surface area contributed by atoms with E-state index in [1.54, 1.807) is 13.8 Å². The molecule has 0 aromatic heterocycles. The van der Waals surface area contributed by atoms with Crippen molar-refractivity contribution in [3.63, 3.8) is 0 Å². The lowest BCUT2D eigenvalue weighted by Crippen LogP contribution is -2.66. The van der Waals surface area contributed by atoms with Crippen molar-refractivity contribution in [3.05, 3.63) is 0 Å². The molecule has 1 N–H and O–H groups in total. The molecule has 0 bridgehead atoms. The highest BCUT2D eigenvalue weighted by molar-refractivity contribution is 9.10. The number of rotatable bonds is 2. The van der Waals surface area contributed by atoms with Gasteiger partial charge in [-0.2, -0.15) is 0 Å². The van der Waals surface area contributed by atoms with Gasteiger partial charge < -0.3 is 4.90 Å². The first-order valence-corrected chi connectivity index (χ1v) is 6.02. The van der Waals surface area contributed by atoms with Crippen LogP contribution in [-0.2, 0) is 14.4 Å². The van der Waals surface area contributed by atoms with E-state index >= 15 is 0 Å². The number of amides is 3. The zero-order chi connectivity index (χ0) is 12.5. The van der Waals surface area contributed by atoms with Crippen LogP contribution in [0.3, 0.4) is 0 Å². The third-order valence-electron chi connectivity index (χ3n) is 2.68. The van der Waals surface area contributed by atoms with Crippen molar-refractivity contribution in [1.29, 1.82) is 0 Å². The van der Waals surface area contributed by atoms with E-state index < -0.39 is 17.4 Å². The van der Waals surface area contributed by atoms with Gasteiger partial charge in [-0.05, 0) is 20.3 Å². The average Bonchev–Trinajstić information content (AvgIpc) is 2.21. The Hall–Kier alpha value is -0.910. The number of piperazine rings is 1. The molecule has 0 radical (unpaired) electrons. The van der Waals surface area contributed by atoms with Crippen LogP contribution in [0.15, 0.2) is 0 Å². The average molecular weight is 291 g/mol. The maximum absolute atomic E-state index is 12.0. The summed E-state index contributed by atoms with van der Waals surface area (Å²) in [5.74, 6) is -1.10. The summed E-state index contributed by atoms with van der Waals surface area (Å²) in [6.45, 7) is 5.04. The van der Waals surface area contributed by atoms with Gasteiger partial charge in [-0.1, -0.05) is 22.9 Å². The lowest BCUT2D eigenvalue weighted by molar-refractivity contribution is -0.155. The lowest BCUT2D eigenvalue weighted by atomic mass is 9.98.